The monoisotopic (exact) mass is 294 g/mol. The van der Waals surface area contributed by atoms with E-state index in [4.69, 9.17) is 4.74 Å². The number of benzene rings is 1. The Morgan fingerprint density at radius 3 is 2.35 bits per heavy atom. The van der Waals surface area contributed by atoms with E-state index in [1.807, 2.05) is 31.2 Å². The number of esters is 1. The minimum atomic E-state index is -0.208. The molecule has 1 atom stereocenters. The second-order valence-electron chi connectivity index (χ2n) is 4.59. The van der Waals surface area contributed by atoms with Gasteiger partial charge in [-0.05, 0) is 25.0 Å². The van der Waals surface area contributed by atoms with Gasteiger partial charge in [-0.3, -0.25) is 9.59 Å². The zero-order chi connectivity index (χ0) is 15.0. The summed E-state index contributed by atoms with van der Waals surface area (Å²) in [6.07, 6.45) is 3.27. The van der Waals surface area contributed by atoms with Gasteiger partial charge >= 0.3 is 5.97 Å². The average molecular weight is 294 g/mol. The van der Waals surface area contributed by atoms with Gasteiger partial charge in [-0.1, -0.05) is 32.4 Å². The Balaban J connectivity index is 2.66. The Morgan fingerprint density at radius 2 is 1.85 bits per heavy atom. The molecule has 20 heavy (non-hydrogen) atoms. The van der Waals surface area contributed by atoms with Crippen molar-refractivity contribution in [1.29, 1.82) is 0 Å². The van der Waals surface area contributed by atoms with Crippen molar-refractivity contribution in [3.63, 3.8) is 0 Å². The van der Waals surface area contributed by atoms with E-state index >= 15 is 0 Å². The van der Waals surface area contributed by atoms with Gasteiger partial charge in [0.25, 0.3) is 0 Å². The first-order valence-electron chi connectivity index (χ1n) is 7.00. The van der Waals surface area contributed by atoms with Crippen LogP contribution < -0.4 is 0 Å². The SMILES string of the molecule is CCCCC(=O)c1ccc(SC(CC)C(=O)OC)cc1. The second kappa shape index (κ2) is 8.80. The molecular weight excluding hydrogens is 272 g/mol. The van der Waals surface area contributed by atoms with Gasteiger partial charge in [0.1, 0.15) is 5.25 Å². The molecule has 0 saturated heterocycles. The lowest BCUT2D eigenvalue weighted by Gasteiger charge is -2.12. The summed E-state index contributed by atoms with van der Waals surface area (Å²) in [6.45, 7) is 4.03. The maximum absolute atomic E-state index is 11.9. The average Bonchev–Trinajstić information content (AvgIpc) is 2.50. The van der Waals surface area contributed by atoms with Crippen LogP contribution in [0.5, 0.6) is 0 Å². The number of carbonyl (C=O) groups is 2. The summed E-state index contributed by atoms with van der Waals surface area (Å²) >= 11 is 1.47. The van der Waals surface area contributed by atoms with Crippen LogP contribution in [0.4, 0.5) is 0 Å². The van der Waals surface area contributed by atoms with Crippen LogP contribution in [0.25, 0.3) is 0 Å². The largest absolute Gasteiger partial charge is 0.468 e. The highest BCUT2D eigenvalue weighted by Gasteiger charge is 2.18. The molecule has 0 aliphatic carbocycles. The molecule has 0 aromatic heterocycles. The molecule has 0 amide bonds. The fourth-order valence-corrected chi connectivity index (χ4v) is 2.78. The van der Waals surface area contributed by atoms with Crippen molar-refractivity contribution in [2.45, 2.75) is 49.7 Å². The van der Waals surface area contributed by atoms with Crippen molar-refractivity contribution in [2.75, 3.05) is 7.11 Å². The van der Waals surface area contributed by atoms with Crippen LogP contribution >= 0.6 is 11.8 Å². The van der Waals surface area contributed by atoms with E-state index in [0.29, 0.717) is 12.8 Å². The number of Topliss-reactive ketones (excluding diaryl/α,β-unsaturated/α-hetero) is 1. The number of hydrogen-bond acceptors (Lipinski definition) is 4. The summed E-state index contributed by atoms with van der Waals surface area (Å²) in [6, 6.07) is 7.47. The predicted molar refractivity (Wildman–Crippen MR) is 82.2 cm³/mol. The third-order valence-corrected chi connectivity index (χ3v) is 4.40. The second-order valence-corrected chi connectivity index (χ2v) is 5.87. The number of ketones is 1. The van der Waals surface area contributed by atoms with Gasteiger partial charge in [0, 0.05) is 16.9 Å². The van der Waals surface area contributed by atoms with Crippen LogP contribution in [0, 0.1) is 0 Å². The molecule has 1 aromatic rings. The van der Waals surface area contributed by atoms with E-state index in [0.717, 1.165) is 23.3 Å². The number of rotatable bonds is 8. The van der Waals surface area contributed by atoms with E-state index in [2.05, 4.69) is 6.92 Å². The molecule has 0 heterocycles. The van der Waals surface area contributed by atoms with E-state index in [1.165, 1.54) is 18.9 Å². The first-order valence-corrected chi connectivity index (χ1v) is 7.88. The molecular formula is C16H22O3S. The molecule has 1 aromatic carbocycles. The molecule has 0 bridgehead atoms. The molecule has 0 N–H and O–H groups in total. The van der Waals surface area contributed by atoms with Crippen LogP contribution in [0.1, 0.15) is 49.9 Å². The predicted octanol–water partition coefficient (Wildman–Crippen LogP) is 4.10. The summed E-state index contributed by atoms with van der Waals surface area (Å²) in [5.41, 5.74) is 0.744. The normalized spacial score (nSPS) is 11.9. The van der Waals surface area contributed by atoms with Crippen LogP contribution in [0.15, 0.2) is 29.2 Å². The topological polar surface area (TPSA) is 43.4 Å². The molecule has 0 aliphatic rings. The summed E-state index contributed by atoms with van der Waals surface area (Å²) in [7, 11) is 1.40. The first-order chi connectivity index (χ1) is 9.62. The summed E-state index contributed by atoms with van der Waals surface area (Å²) in [5.74, 6) is -0.0241. The van der Waals surface area contributed by atoms with Gasteiger partial charge in [-0.25, -0.2) is 0 Å². The van der Waals surface area contributed by atoms with Crippen molar-refractivity contribution in [3.8, 4) is 0 Å². The van der Waals surface area contributed by atoms with Crippen LogP contribution in [0.3, 0.4) is 0 Å². The maximum Gasteiger partial charge on any atom is 0.319 e. The van der Waals surface area contributed by atoms with Gasteiger partial charge in [0.05, 0.1) is 7.11 Å². The van der Waals surface area contributed by atoms with Gasteiger partial charge in [0.15, 0.2) is 5.78 Å². The fraction of sp³-hybridized carbons (Fsp3) is 0.500. The van der Waals surface area contributed by atoms with Gasteiger partial charge in [-0.15, -0.1) is 11.8 Å². The van der Waals surface area contributed by atoms with Crippen molar-refractivity contribution >= 4 is 23.5 Å². The Bertz CT molecular complexity index is 440. The van der Waals surface area contributed by atoms with Gasteiger partial charge in [-0.2, -0.15) is 0 Å². The van der Waals surface area contributed by atoms with Crippen LogP contribution in [-0.4, -0.2) is 24.1 Å². The van der Waals surface area contributed by atoms with Crippen molar-refractivity contribution in [2.24, 2.45) is 0 Å². The highest BCUT2D eigenvalue weighted by Crippen LogP contribution is 2.26. The van der Waals surface area contributed by atoms with E-state index in [-0.39, 0.29) is 17.0 Å². The molecule has 1 unspecified atom stereocenters. The van der Waals surface area contributed by atoms with Crippen molar-refractivity contribution in [1.82, 2.24) is 0 Å². The number of thioether (sulfide) groups is 1. The molecule has 3 nitrogen and oxygen atoms in total. The molecule has 4 heteroatoms. The molecule has 0 spiro atoms. The number of ether oxygens (including phenoxy) is 1. The zero-order valence-corrected chi connectivity index (χ0v) is 13.2. The molecule has 110 valence electrons. The Hall–Kier alpha value is -1.29. The van der Waals surface area contributed by atoms with E-state index in [1.54, 1.807) is 0 Å². The summed E-state index contributed by atoms with van der Waals surface area (Å²) in [4.78, 5) is 24.4. The molecule has 1 rings (SSSR count). The summed E-state index contributed by atoms with van der Waals surface area (Å²) in [5, 5.41) is -0.193. The number of carbonyl (C=O) groups excluding carboxylic acids is 2. The van der Waals surface area contributed by atoms with Gasteiger partial charge in [0.2, 0.25) is 0 Å². The highest BCUT2D eigenvalue weighted by molar-refractivity contribution is 8.00. The molecule has 0 saturated carbocycles. The van der Waals surface area contributed by atoms with Gasteiger partial charge < -0.3 is 4.74 Å². The first kappa shape index (κ1) is 16.8. The van der Waals surface area contributed by atoms with E-state index < -0.39 is 0 Å². The summed E-state index contributed by atoms with van der Waals surface area (Å²) < 4.78 is 4.77. The lowest BCUT2D eigenvalue weighted by atomic mass is 10.1. The molecule has 0 radical (unpaired) electrons. The quantitative estimate of drug-likeness (QED) is 0.411. The molecule has 0 fully saturated rings. The third kappa shape index (κ3) is 5.00. The number of hydrogen-bond donors (Lipinski definition) is 0. The number of unbranched alkanes of at least 4 members (excludes halogenated alkanes) is 1. The lowest BCUT2D eigenvalue weighted by molar-refractivity contribution is -0.140. The van der Waals surface area contributed by atoms with Crippen molar-refractivity contribution in [3.05, 3.63) is 29.8 Å². The zero-order valence-electron chi connectivity index (χ0n) is 12.3. The lowest BCUT2D eigenvalue weighted by Crippen LogP contribution is -2.17. The minimum Gasteiger partial charge on any atom is -0.468 e. The van der Waals surface area contributed by atoms with Crippen LogP contribution in [0.2, 0.25) is 0 Å². The smallest absolute Gasteiger partial charge is 0.319 e. The van der Waals surface area contributed by atoms with Crippen molar-refractivity contribution < 1.29 is 14.3 Å². The third-order valence-electron chi connectivity index (χ3n) is 3.05. The highest BCUT2D eigenvalue weighted by atomic mass is 32.2. The fourth-order valence-electron chi connectivity index (χ4n) is 1.79. The Kier molecular flexibility index (Phi) is 7.37. The number of methoxy groups -OCH3 is 1. The molecule has 0 aliphatic heterocycles. The van der Waals surface area contributed by atoms with E-state index in [9.17, 15) is 9.59 Å². The standard InChI is InChI=1S/C16H22O3S/c1-4-6-7-14(17)12-8-10-13(11-9-12)20-15(5-2)16(18)19-3/h8-11,15H,4-7H2,1-3H3. The Morgan fingerprint density at radius 1 is 1.20 bits per heavy atom. The van der Waals surface area contributed by atoms with Crippen LogP contribution in [-0.2, 0) is 9.53 Å². The minimum absolute atomic E-state index is 0.184. The Labute approximate surface area is 125 Å². The maximum atomic E-state index is 11.9.